The van der Waals surface area contributed by atoms with E-state index >= 15 is 0 Å². The van der Waals surface area contributed by atoms with Crippen molar-refractivity contribution in [2.75, 3.05) is 0 Å². The molecule has 0 rings (SSSR count). The van der Waals surface area contributed by atoms with Gasteiger partial charge in [-0.15, -0.1) is 0 Å². The molecule has 0 aromatic heterocycles. The molecule has 0 saturated carbocycles. The van der Waals surface area contributed by atoms with Crippen molar-refractivity contribution in [2.45, 2.75) is 5.79 Å². The molecule has 8 heavy (non-hydrogen) atoms. The van der Waals surface area contributed by atoms with E-state index in [-0.39, 0.29) is 29.6 Å². The molecule has 0 heterocycles. The van der Waals surface area contributed by atoms with Crippen LogP contribution in [0, 0.1) is 0 Å². The Kier molecular flexibility index (Phi) is 4.74. The Morgan fingerprint density at radius 3 is 1.50 bits per heavy atom. The Labute approximate surface area is 68.5 Å². The molecule has 0 unspecified atom stereocenters. The second kappa shape index (κ2) is 3.39. The van der Waals surface area contributed by atoms with Gasteiger partial charge < -0.3 is 9.90 Å². The predicted octanol–water partition coefficient (Wildman–Crippen LogP) is -6.73. The maximum atomic E-state index is 9.53. The summed E-state index contributed by atoms with van der Waals surface area (Å²) in [5, 5.41) is 9.53. The van der Waals surface area contributed by atoms with Crippen LogP contribution in [-0.4, -0.2) is 11.8 Å². The van der Waals surface area contributed by atoms with Crippen LogP contribution in [0.2, 0.25) is 0 Å². The summed E-state index contributed by atoms with van der Waals surface area (Å²) >= 11 is 0. The molecule has 0 fully saturated rings. The first-order valence-electron chi connectivity index (χ1n) is 1.52. The Bertz CT molecular complexity index is 87.8. The van der Waals surface area contributed by atoms with Crippen LogP contribution < -0.4 is 51.9 Å². The largest absolute Gasteiger partial charge is 1.00 e. The Morgan fingerprint density at radius 1 is 1.38 bits per heavy atom. The quantitative estimate of drug-likeness (QED) is 0.239. The van der Waals surface area contributed by atoms with Crippen molar-refractivity contribution in [3.63, 3.8) is 0 Å². The zero-order chi connectivity index (χ0) is 6.08. The minimum Gasteiger partial charge on any atom is -0.545 e. The molecule has 0 spiro atoms. The minimum absolute atomic E-state index is 0. The summed E-state index contributed by atoms with van der Waals surface area (Å²) in [7, 11) is 0. The van der Waals surface area contributed by atoms with Crippen LogP contribution in [-0.2, 0) is 4.79 Å². The van der Waals surface area contributed by atoms with E-state index < -0.39 is 11.8 Å². The molecule has 0 saturated heterocycles. The molecule has 5 nitrogen and oxygen atoms in total. The third-order valence-corrected chi connectivity index (χ3v) is 0.354. The van der Waals surface area contributed by atoms with Crippen molar-refractivity contribution in [3.8, 4) is 0 Å². The van der Waals surface area contributed by atoms with Gasteiger partial charge in [-0.3, -0.25) is 17.2 Å². The third-order valence-electron chi connectivity index (χ3n) is 0.354. The molecule has 0 aliphatic rings. The van der Waals surface area contributed by atoms with E-state index in [4.69, 9.17) is 0 Å². The molecular formula is C2H6N3NaO2. The Balaban J connectivity index is 0. The number of carbonyl (C=O) groups is 1. The van der Waals surface area contributed by atoms with Crippen molar-refractivity contribution >= 4 is 5.97 Å². The SMILES string of the molecule is NC(N)(N)C(=O)[O-].[Na+]. The fraction of sp³-hybridized carbons (Fsp3) is 0.500. The van der Waals surface area contributed by atoms with Gasteiger partial charge in [0.25, 0.3) is 0 Å². The van der Waals surface area contributed by atoms with Crippen LogP contribution >= 0.6 is 0 Å². The first kappa shape index (κ1) is 11.2. The fourth-order valence-electron chi connectivity index (χ4n) is 0. The summed E-state index contributed by atoms with van der Waals surface area (Å²) in [6.07, 6.45) is 0. The minimum atomic E-state index is -2.19. The number of carboxylic acid groups (broad SMARTS) is 1. The van der Waals surface area contributed by atoms with Gasteiger partial charge in [0.1, 0.15) is 0 Å². The monoisotopic (exact) mass is 127 g/mol. The molecule has 0 atom stereocenters. The van der Waals surface area contributed by atoms with Crippen LogP contribution in [0.3, 0.4) is 0 Å². The van der Waals surface area contributed by atoms with Gasteiger partial charge >= 0.3 is 29.6 Å². The van der Waals surface area contributed by atoms with E-state index in [2.05, 4.69) is 17.2 Å². The summed E-state index contributed by atoms with van der Waals surface area (Å²) in [6.45, 7) is 0. The van der Waals surface area contributed by atoms with Crippen molar-refractivity contribution in [1.29, 1.82) is 0 Å². The van der Waals surface area contributed by atoms with Crippen molar-refractivity contribution < 1.29 is 39.5 Å². The summed E-state index contributed by atoms with van der Waals surface area (Å²) < 4.78 is 0. The number of nitrogens with two attached hydrogens (primary N) is 3. The predicted molar refractivity (Wildman–Crippen MR) is 20.3 cm³/mol. The zero-order valence-electron chi connectivity index (χ0n) is 4.55. The number of rotatable bonds is 1. The first-order valence-corrected chi connectivity index (χ1v) is 1.52. The van der Waals surface area contributed by atoms with Gasteiger partial charge in [0.2, 0.25) is 0 Å². The van der Waals surface area contributed by atoms with Gasteiger partial charge in [-0.05, 0) is 0 Å². The maximum absolute atomic E-state index is 9.53. The van der Waals surface area contributed by atoms with Gasteiger partial charge in [0.15, 0.2) is 5.79 Å². The van der Waals surface area contributed by atoms with Crippen LogP contribution in [0.1, 0.15) is 0 Å². The van der Waals surface area contributed by atoms with E-state index in [1.807, 2.05) is 0 Å². The number of hydrogen-bond donors (Lipinski definition) is 3. The third kappa shape index (κ3) is 4.51. The summed E-state index contributed by atoms with van der Waals surface area (Å²) in [5.74, 6) is -3.87. The number of hydrogen-bond acceptors (Lipinski definition) is 5. The molecule has 6 N–H and O–H groups in total. The van der Waals surface area contributed by atoms with Crippen molar-refractivity contribution in [1.82, 2.24) is 0 Å². The number of carbonyl (C=O) groups excluding carboxylic acids is 1. The molecular weight excluding hydrogens is 121 g/mol. The molecule has 0 aliphatic heterocycles. The van der Waals surface area contributed by atoms with Crippen molar-refractivity contribution in [2.24, 2.45) is 17.2 Å². The molecule has 6 heteroatoms. The van der Waals surface area contributed by atoms with Crippen LogP contribution in [0.4, 0.5) is 0 Å². The average Bonchev–Trinajstić information content (AvgIpc) is 1.31. The standard InChI is InChI=1S/C2H7N3O2.Na/c3-2(4,5)1(6)7;/h3-5H2,(H,6,7);/q;+1/p-1. The smallest absolute Gasteiger partial charge is 0.545 e. The molecule has 42 valence electrons. The Morgan fingerprint density at radius 2 is 1.50 bits per heavy atom. The molecule has 0 aromatic rings. The fourth-order valence-corrected chi connectivity index (χ4v) is 0. The molecule has 0 amide bonds. The van der Waals surface area contributed by atoms with Crippen LogP contribution in [0.15, 0.2) is 0 Å². The molecule has 0 aromatic carbocycles. The number of aliphatic carboxylic acids is 1. The van der Waals surface area contributed by atoms with Gasteiger partial charge in [0.05, 0.1) is 5.97 Å². The van der Waals surface area contributed by atoms with E-state index in [9.17, 15) is 9.90 Å². The molecule has 0 bridgehead atoms. The summed E-state index contributed by atoms with van der Waals surface area (Å²) in [4.78, 5) is 9.53. The van der Waals surface area contributed by atoms with Gasteiger partial charge in [-0.25, -0.2) is 0 Å². The topological polar surface area (TPSA) is 118 Å². The second-order valence-corrected chi connectivity index (χ2v) is 1.22. The summed E-state index contributed by atoms with van der Waals surface area (Å²) in [5.41, 5.74) is 13.7. The normalized spacial score (nSPS) is 9.88. The van der Waals surface area contributed by atoms with Crippen molar-refractivity contribution in [3.05, 3.63) is 0 Å². The maximum Gasteiger partial charge on any atom is 1.00 e. The van der Waals surface area contributed by atoms with Gasteiger partial charge in [-0.1, -0.05) is 0 Å². The van der Waals surface area contributed by atoms with E-state index in [0.29, 0.717) is 0 Å². The average molecular weight is 127 g/mol. The van der Waals surface area contributed by atoms with Gasteiger partial charge in [-0.2, -0.15) is 0 Å². The van der Waals surface area contributed by atoms with Crippen LogP contribution in [0.5, 0.6) is 0 Å². The van der Waals surface area contributed by atoms with Crippen LogP contribution in [0.25, 0.3) is 0 Å². The second-order valence-electron chi connectivity index (χ2n) is 1.22. The van der Waals surface area contributed by atoms with E-state index in [0.717, 1.165) is 0 Å². The van der Waals surface area contributed by atoms with E-state index in [1.165, 1.54) is 0 Å². The Hall–Kier alpha value is 0.350. The van der Waals surface area contributed by atoms with E-state index in [1.54, 1.807) is 0 Å². The zero-order valence-corrected chi connectivity index (χ0v) is 6.55. The molecule has 0 aliphatic carbocycles. The summed E-state index contributed by atoms with van der Waals surface area (Å²) in [6, 6.07) is 0. The number of carboxylic acids is 1. The first-order chi connectivity index (χ1) is 2.94. The molecule has 0 radical (unpaired) electrons. The van der Waals surface area contributed by atoms with Gasteiger partial charge in [0, 0.05) is 0 Å².